The lowest BCUT2D eigenvalue weighted by Crippen LogP contribution is -2.32. The minimum Gasteiger partial charge on any atom is -0.387 e. The van der Waals surface area contributed by atoms with Crippen LogP contribution in [0.3, 0.4) is 0 Å². The van der Waals surface area contributed by atoms with Gasteiger partial charge in [-0.05, 0) is 24.6 Å². The highest BCUT2D eigenvalue weighted by molar-refractivity contribution is 5.99. The van der Waals surface area contributed by atoms with Gasteiger partial charge in [-0.3, -0.25) is 9.59 Å². The molecule has 6 nitrogen and oxygen atoms in total. The molecule has 0 aliphatic rings. The standard InChI is InChI=1S/C15H23N3O3/c1-11-4-5-12(13(10-11)16-2)15(20)18-7-6-14(19)17-8-9-21-3/h4-5,10,16H,6-9H2,1-3H3,(H,17,19)(H,18,20). The van der Waals surface area contributed by atoms with E-state index in [1.165, 1.54) is 0 Å². The number of anilines is 1. The van der Waals surface area contributed by atoms with E-state index in [4.69, 9.17) is 4.74 Å². The van der Waals surface area contributed by atoms with Gasteiger partial charge in [0.1, 0.15) is 0 Å². The van der Waals surface area contributed by atoms with Crippen molar-refractivity contribution in [2.45, 2.75) is 13.3 Å². The molecule has 1 rings (SSSR count). The Bertz CT molecular complexity index is 489. The molecule has 0 radical (unpaired) electrons. The van der Waals surface area contributed by atoms with Crippen molar-refractivity contribution in [3.8, 4) is 0 Å². The van der Waals surface area contributed by atoms with Crippen LogP contribution in [0.5, 0.6) is 0 Å². The fourth-order valence-electron chi connectivity index (χ4n) is 1.83. The van der Waals surface area contributed by atoms with Crippen molar-refractivity contribution in [1.29, 1.82) is 0 Å². The summed E-state index contributed by atoms with van der Waals surface area (Å²) in [5.74, 6) is -0.297. The van der Waals surface area contributed by atoms with E-state index in [1.54, 1.807) is 20.2 Å². The predicted octanol–water partition coefficient (Wildman–Crippen LogP) is 0.919. The molecular weight excluding hydrogens is 270 g/mol. The van der Waals surface area contributed by atoms with Gasteiger partial charge in [-0.2, -0.15) is 0 Å². The molecule has 0 unspecified atom stereocenters. The lowest BCUT2D eigenvalue weighted by molar-refractivity contribution is -0.121. The summed E-state index contributed by atoms with van der Waals surface area (Å²) in [6.45, 7) is 3.22. The van der Waals surface area contributed by atoms with Crippen LogP contribution >= 0.6 is 0 Å². The average molecular weight is 293 g/mol. The number of carbonyl (C=O) groups excluding carboxylic acids is 2. The molecule has 0 aromatic heterocycles. The second-order valence-corrected chi connectivity index (χ2v) is 4.65. The SMILES string of the molecule is CNc1cc(C)ccc1C(=O)NCCC(=O)NCCOC. The zero-order chi connectivity index (χ0) is 15.7. The Hall–Kier alpha value is -2.08. The summed E-state index contributed by atoms with van der Waals surface area (Å²) in [5, 5.41) is 8.44. The molecule has 21 heavy (non-hydrogen) atoms. The molecule has 0 aliphatic carbocycles. The molecule has 0 heterocycles. The van der Waals surface area contributed by atoms with Gasteiger partial charge in [0.25, 0.3) is 5.91 Å². The molecule has 0 saturated heterocycles. The molecular formula is C15H23N3O3. The lowest BCUT2D eigenvalue weighted by Gasteiger charge is -2.11. The van der Waals surface area contributed by atoms with E-state index in [2.05, 4.69) is 16.0 Å². The number of hydrogen-bond donors (Lipinski definition) is 3. The first-order valence-corrected chi connectivity index (χ1v) is 6.90. The number of ether oxygens (including phenoxy) is 1. The molecule has 1 aromatic rings. The van der Waals surface area contributed by atoms with Crippen LogP contribution in [0.1, 0.15) is 22.3 Å². The number of methoxy groups -OCH3 is 1. The van der Waals surface area contributed by atoms with Crippen molar-refractivity contribution in [2.75, 3.05) is 39.2 Å². The number of aryl methyl sites for hydroxylation is 1. The van der Waals surface area contributed by atoms with Gasteiger partial charge >= 0.3 is 0 Å². The van der Waals surface area contributed by atoms with Gasteiger partial charge in [-0.15, -0.1) is 0 Å². The Labute approximate surface area is 125 Å². The number of hydrogen-bond acceptors (Lipinski definition) is 4. The Morgan fingerprint density at radius 3 is 2.62 bits per heavy atom. The third kappa shape index (κ3) is 5.83. The van der Waals surface area contributed by atoms with Crippen molar-refractivity contribution < 1.29 is 14.3 Å². The molecule has 2 amide bonds. The first-order chi connectivity index (χ1) is 10.1. The largest absolute Gasteiger partial charge is 0.387 e. The zero-order valence-corrected chi connectivity index (χ0v) is 12.8. The average Bonchev–Trinajstić information content (AvgIpc) is 2.47. The highest BCUT2D eigenvalue weighted by Gasteiger charge is 2.10. The van der Waals surface area contributed by atoms with E-state index in [1.807, 2.05) is 19.1 Å². The fourth-order valence-corrected chi connectivity index (χ4v) is 1.83. The summed E-state index contributed by atoms with van der Waals surface area (Å²) >= 11 is 0. The smallest absolute Gasteiger partial charge is 0.253 e. The maximum absolute atomic E-state index is 12.1. The first kappa shape index (κ1) is 17.0. The highest BCUT2D eigenvalue weighted by atomic mass is 16.5. The van der Waals surface area contributed by atoms with Crippen LogP contribution in [0, 0.1) is 6.92 Å². The van der Waals surface area contributed by atoms with Crippen molar-refractivity contribution in [3.63, 3.8) is 0 Å². The van der Waals surface area contributed by atoms with E-state index >= 15 is 0 Å². The Morgan fingerprint density at radius 2 is 1.95 bits per heavy atom. The zero-order valence-electron chi connectivity index (χ0n) is 12.8. The van der Waals surface area contributed by atoms with Gasteiger partial charge in [0.2, 0.25) is 5.91 Å². The number of carbonyl (C=O) groups is 2. The van der Waals surface area contributed by atoms with Gasteiger partial charge in [0.15, 0.2) is 0 Å². The second-order valence-electron chi connectivity index (χ2n) is 4.65. The van der Waals surface area contributed by atoms with Crippen molar-refractivity contribution in [1.82, 2.24) is 10.6 Å². The van der Waals surface area contributed by atoms with Gasteiger partial charge < -0.3 is 20.7 Å². The topological polar surface area (TPSA) is 79.5 Å². The van der Waals surface area contributed by atoms with Gasteiger partial charge in [-0.25, -0.2) is 0 Å². The highest BCUT2D eigenvalue weighted by Crippen LogP contribution is 2.16. The van der Waals surface area contributed by atoms with E-state index in [0.29, 0.717) is 25.3 Å². The molecule has 0 bridgehead atoms. The monoisotopic (exact) mass is 293 g/mol. The van der Waals surface area contributed by atoms with Crippen LogP contribution in [0.25, 0.3) is 0 Å². The maximum atomic E-state index is 12.1. The minimum atomic E-state index is -0.191. The van der Waals surface area contributed by atoms with Crippen molar-refractivity contribution >= 4 is 17.5 Å². The molecule has 6 heteroatoms. The van der Waals surface area contributed by atoms with E-state index in [9.17, 15) is 9.59 Å². The first-order valence-electron chi connectivity index (χ1n) is 6.90. The Kier molecular flexibility index (Phi) is 7.25. The molecule has 3 N–H and O–H groups in total. The third-order valence-electron chi connectivity index (χ3n) is 2.96. The van der Waals surface area contributed by atoms with Crippen LogP contribution < -0.4 is 16.0 Å². The van der Waals surface area contributed by atoms with Crippen LogP contribution in [-0.2, 0) is 9.53 Å². The van der Waals surface area contributed by atoms with Crippen LogP contribution in [0.15, 0.2) is 18.2 Å². The van der Waals surface area contributed by atoms with Gasteiger partial charge in [0, 0.05) is 39.4 Å². The molecule has 0 fully saturated rings. The molecule has 0 saturated carbocycles. The van der Waals surface area contributed by atoms with Crippen molar-refractivity contribution in [2.24, 2.45) is 0 Å². The summed E-state index contributed by atoms with van der Waals surface area (Å²) in [5.41, 5.74) is 2.42. The van der Waals surface area contributed by atoms with Crippen LogP contribution in [0.2, 0.25) is 0 Å². The molecule has 0 aliphatic heterocycles. The summed E-state index contributed by atoms with van der Waals surface area (Å²) in [4.78, 5) is 23.5. The van der Waals surface area contributed by atoms with Crippen LogP contribution in [0.4, 0.5) is 5.69 Å². The quantitative estimate of drug-likeness (QED) is 0.623. The predicted molar refractivity (Wildman–Crippen MR) is 82.6 cm³/mol. The van der Waals surface area contributed by atoms with E-state index in [-0.39, 0.29) is 18.2 Å². The van der Waals surface area contributed by atoms with E-state index < -0.39 is 0 Å². The number of benzene rings is 1. The van der Waals surface area contributed by atoms with Crippen LogP contribution in [-0.4, -0.2) is 45.7 Å². The second kappa shape index (κ2) is 8.97. The molecule has 116 valence electrons. The molecule has 0 atom stereocenters. The summed E-state index contributed by atoms with van der Waals surface area (Å²) in [6.07, 6.45) is 0.246. The fraction of sp³-hybridized carbons (Fsp3) is 0.467. The van der Waals surface area contributed by atoms with Gasteiger partial charge in [-0.1, -0.05) is 6.07 Å². The maximum Gasteiger partial charge on any atom is 0.253 e. The summed E-state index contributed by atoms with van der Waals surface area (Å²) < 4.78 is 4.84. The van der Waals surface area contributed by atoms with E-state index in [0.717, 1.165) is 11.3 Å². The lowest BCUT2D eigenvalue weighted by atomic mass is 10.1. The Balaban J connectivity index is 2.42. The third-order valence-corrected chi connectivity index (χ3v) is 2.96. The molecule has 0 spiro atoms. The summed E-state index contributed by atoms with van der Waals surface area (Å²) in [7, 11) is 3.35. The molecule has 1 aromatic carbocycles. The number of rotatable bonds is 8. The Morgan fingerprint density at radius 1 is 1.19 bits per heavy atom. The number of amides is 2. The van der Waals surface area contributed by atoms with Gasteiger partial charge in [0.05, 0.1) is 12.2 Å². The number of nitrogens with one attached hydrogen (secondary N) is 3. The summed E-state index contributed by atoms with van der Waals surface area (Å²) in [6, 6.07) is 5.56. The normalized spacial score (nSPS) is 10.0. The minimum absolute atomic E-state index is 0.106. The van der Waals surface area contributed by atoms with Crippen molar-refractivity contribution in [3.05, 3.63) is 29.3 Å².